The molecule has 25 heavy (non-hydrogen) atoms. The maximum absolute atomic E-state index is 12.5. The predicted octanol–water partition coefficient (Wildman–Crippen LogP) is 1.32. The lowest BCUT2D eigenvalue weighted by Crippen LogP contribution is -2.38. The lowest BCUT2D eigenvalue weighted by molar-refractivity contribution is -0.129. The maximum Gasteiger partial charge on any atom is 0.229 e. The highest BCUT2D eigenvalue weighted by molar-refractivity contribution is 7.91. The van der Waals surface area contributed by atoms with Crippen LogP contribution in [0.1, 0.15) is 12.8 Å². The highest BCUT2D eigenvalue weighted by atomic mass is 35.5. The normalized spacial score (nSPS) is 25.2. The summed E-state index contributed by atoms with van der Waals surface area (Å²) in [5, 5.41) is 3.20. The highest BCUT2D eigenvalue weighted by Gasteiger charge is 2.42. The molecule has 0 saturated carbocycles. The molecule has 3 rings (SSSR count). The number of ether oxygens (including phenoxy) is 1. The molecule has 136 valence electrons. The van der Waals surface area contributed by atoms with Crippen molar-refractivity contribution in [2.75, 3.05) is 30.5 Å². The summed E-state index contributed by atoms with van der Waals surface area (Å²) in [4.78, 5) is 26.3. The summed E-state index contributed by atoms with van der Waals surface area (Å²) in [6.07, 6.45) is 0.510. The molecule has 2 unspecified atom stereocenters. The number of hydrogen-bond donors (Lipinski definition) is 1. The van der Waals surface area contributed by atoms with Crippen molar-refractivity contribution in [3.63, 3.8) is 0 Å². The molecule has 2 atom stereocenters. The Balaban J connectivity index is 1.68. The number of likely N-dealkylation sites (tertiary alicyclic amines) is 1. The first kappa shape index (κ1) is 18.0. The zero-order chi connectivity index (χ0) is 18.2. The first-order chi connectivity index (χ1) is 11.8. The molecule has 9 heteroatoms. The summed E-state index contributed by atoms with van der Waals surface area (Å²) in [7, 11) is -1.60. The van der Waals surface area contributed by atoms with Crippen molar-refractivity contribution >= 4 is 38.9 Å². The van der Waals surface area contributed by atoms with Gasteiger partial charge in [0.25, 0.3) is 0 Å². The molecular formula is C16H19ClN2O5S. The Bertz CT molecular complexity index is 811. The molecule has 0 spiro atoms. The number of benzene rings is 1. The van der Waals surface area contributed by atoms with Crippen LogP contribution in [0.4, 0.5) is 5.69 Å². The van der Waals surface area contributed by atoms with Gasteiger partial charge in [-0.05, 0) is 24.6 Å². The second-order valence-electron chi connectivity index (χ2n) is 6.34. The summed E-state index contributed by atoms with van der Waals surface area (Å²) in [6.45, 7) is 0.230. The van der Waals surface area contributed by atoms with Crippen LogP contribution >= 0.6 is 11.6 Å². The molecule has 2 amide bonds. The number of sulfone groups is 1. The van der Waals surface area contributed by atoms with Gasteiger partial charge in [-0.1, -0.05) is 11.6 Å². The molecule has 2 saturated heterocycles. The zero-order valence-electron chi connectivity index (χ0n) is 13.7. The molecule has 0 aromatic heterocycles. The second-order valence-corrected chi connectivity index (χ2v) is 9.00. The number of amides is 2. The van der Waals surface area contributed by atoms with Gasteiger partial charge in [-0.3, -0.25) is 9.59 Å². The number of hydrogen-bond acceptors (Lipinski definition) is 5. The van der Waals surface area contributed by atoms with Crippen LogP contribution in [0.15, 0.2) is 18.2 Å². The van der Waals surface area contributed by atoms with E-state index in [9.17, 15) is 18.0 Å². The van der Waals surface area contributed by atoms with Gasteiger partial charge in [-0.2, -0.15) is 0 Å². The lowest BCUT2D eigenvalue weighted by Gasteiger charge is -2.23. The number of halogens is 1. The first-order valence-electron chi connectivity index (χ1n) is 7.93. The average molecular weight is 387 g/mol. The monoisotopic (exact) mass is 386 g/mol. The Kier molecular flexibility index (Phi) is 4.92. The third-order valence-electron chi connectivity index (χ3n) is 4.60. The fourth-order valence-electron chi connectivity index (χ4n) is 3.29. The van der Waals surface area contributed by atoms with Crippen molar-refractivity contribution in [1.29, 1.82) is 0 Å². The maximum atomic E-state index is 12.5. The molecule has 2 aliphatic rings. The molecule has 1 aromatic carbocycles. The van der Waals surface area contributed by atoms with Crippen LogP contribution < -0.4 is 10.1 Å². The van der Waals surface area contributed by atoms with E-state index in [4.69, 9.17) is 16.3 Å². The van der Waals surface area contributed by atoms with Gasteiger partial charge in [0.05, 0.1) is 30.2 Å². The number of nitrogens with one attached hydrogen (secondary N) is 1. The number of anilines is 1. The van der Waals surface area contributed by atoms with Gasteiger partial charge in [-0.15, -0.1) is 0 Å². The summed E-state index contributed by atoms with van der Waals surface area (Å²) < 4.78 is 28.4. The number of methoxy groups -OCH3 is 1. The van der Waals surface area contributed by atoms with Crippen LogP contribution in [0.25, 0.3) is 0 Å². The number of carbonyl (C=O) groups is 2. The Morgan fingerprint density at radius 3 is 2.80 bits per heavy atom. The van der Waals surface area contributed by atoms with Crippen molar-refractivity contribution in [1.82, 2.24) is 4.90 Å². The van der Waals surface area contributed by atoms with Gasteiger partial charge < -0.3 is 15.0 Å². The summed E-state index contributed by atoms with van der Waals surface area (Å²) in [6, 6.07) is 4.55. The smallest absolute Gasteiger partial charge is 0.229 e. The van der Waals surface area contributed by atoms with Crippen LogP contribution in [-0.4, -0.2) is 56.3 Å². The quantitative estimate of drug-likeness (QED) is 0.842. The van der Waals surface area contributed by atoms with E-state index in [0.717, 1.165) is 0 Å². The van der Waals surface area contributed by atoms with Gasteiger partial charge in [0.1, 0.15) is 5.75 Å². The lowest BCUT2D eigenvalue weighted by atomic mass is 10.1. The molecule has 0 radical (unpaired) electrons. The van der Waals surface area contributed by atoms with Gasteiger partial charge in [-0.25, -0.2) is 8.42 Å². The van der Waals surface area contributed by atoms with E-state index in [2.05, 4.69) is 5.32 Å². The number of nitrogens with zero attached hydrogens (tertiary/aromatic N) is 1. The fourth-order valence-corrected chi connectivity index (χ4v) is 5.20. The van der Waals surface area contributed by atoms with E-state index in [1.54, 1.807) is 18.2 Å². The van der Waals surface area contributed by atoms with Crippen LogP contribution in [0.3, 0.4) is 0 Å². The van der Waals surface area contributed by atoms with Crippen molar-refractivity contribution in [2.24, 2.45) is 5.92 Å². The van der Waals surface area contributed by atoms with Crippen molar-refractivity contribution in [3.05, 3.63) is 23.2 Å². The third-order valence-corrected chi connectivity index (χ3v) is 6.58. The van der Waals surface area contributed by atoms with Crippen molar-refractivity contribution in [2.45, 2.75) is 18.9 Å². The van der Waals surface area contributed by atoms with Crippen molar-refractivity contribution < 1.29 is 22.7 Å². The SMILES string of the molecule is COc1ccc(Cl)cc1NC(=O)C1CC(=O)N(C2CCS(=O)(=O)C2)C1. The molecule has 0 bridgehead atoms. The Morgan fingerprint density at radius 1 is 1.40 bits per heavy atom. The second kappa shape index (κ2) is 6.84. The average Bonchev–Trinajstić information content (AvgIpc) is 3.10. The topological polar surface area (TPSA) is 92.8 Å². The molecule has 0 aliphatic carbocycles. The van der Waals surface area contributed by atoms with E-state index in [0.29, 0.717) is 22.9 Å². The Labute approximate surface area is 151 Å². The molecule has 2 aliphatic heterocycles. The minimum atomic E-state index is -3.08. The van der Waals surface area contributed by atoms with Crippen LogP contribution in [0.5, 0.6) is 5.75 Å². The first-order valence-corrected chi connectivity index (χ1v) is 10.1. The number of carbonyl (C=O) groups excluding carboxylic acids is 2. The van der Waals surface area contributed by atoms with E-state index in [1.807, 2.05) is 0 Å². The molecule has 1 N–H and O–H groups in total. The van der Waals surface area contributed by atoms with Crippen LogP contribution in [0, 0.1) is 5.92 Å². The van der Waals surface area contributed by atoms with E-state index >= 15 is 0 Å². The highest BCUT2D eigenvalue weighted by Crippen LogP contribution is 2.30. The zero-order valence-corrected chi connectivity index (χ0v) is 15.3. The van der Waals surface area contributed by atoms with Gasteiger partial charge in [0.15, 0.2) is 9.84 Å². The summed E-state index contributed by atoms with van der Waals surface area (Å²) >= 11 is 5.95. The van der Waals surface area contributed by atoms with Crippen molar-refractivity contribution in [3.8, 4) is 5.75 Å². The Morgan fingerprint density at radius 2 is 2.16 bits per heavy atom. The molecule has 7 nitrogen and oxygen atoms in total. The third kappa shape index (κ3) is 3.90. The minimum Gasteiger partial charge on any atom is -0.495 e. The molecular weight excluding hydrogens is 368 g/mol. The van der Waals surface area contributed by atoms with Gasteiger partial charge in [0.2, 0.25) is 11.8 Å². The van der Waals surface area contributed by atoms with Crippen LogP contribution in [-0.2, 0) is 19.4 Å². The van der Waals surface area contributed by atoms with Crippen LogP contribution in [0.2, 0.25) is 5.02 Å². The fraction of sp³-hybridized carbons (Fsp3) is 0.500. The summed E-state index contributed by atoms with van der Waals surface area (Å²) in [5.74, 6) is -0.467. The standard InChI is InChI=1S/C16H19ClN2O5S/c1-24-14-3-2-11(17)7-13(14)18-16(21)10-6-15(20)19(8-10)12-4-5-25(22,23)9-12/h2-3,7,10,12H,4-6,8-9H2,1H3,(H,18,21). The summed E-state index contributed by atoms with van der Waals surface area (Å²) in [5.41, 5.74) is 0.439. The molecule has 2 heterocycles. The van der Waals surface area contributed by atoms with E-state index < -0.39 is 15.8 Å². The minimum absolute atomic E-state index is 0.0187. The van der Waals surface area contributed by atoms with Gasteiger partial charge >= 0.3 is 0 Å². The predicted molar refractivity (Wildman–Crippen MR) is 93.5 cm³/mol. The Hall–Kier alpha value is -1.80. The van der Waals surface area contributed by atoms with E-state index in [-0.39, 0.29) is 42.3 Å². The molecule has 2 fully saturated rings. The largest absolute Gasteiger partial charge is 0.495 e. The van der Waals surface area contributed by atoms with Gasteiger partial charge in [0, 0.05) is 24.0 Å². The van der Waals surface area contributed by atoms with E-state index in [1.165, 1.54) is 12.0 Å². The number of rotatable bonds is 4. The molecule has 1 aromatic rings.